The third-order valence-electron chi connectivity index (χ3n) is 3.79. The molecule has 15 heavy (non-hydrogen) atoms. The van der Waals surface area contributed by atoms with E-state index in [1.807, 2.05) is 0 Å². The normalized spacial score (nSPS) is 25.5. The molecule has 4 nitrogen and oxygen atoms in total. The van der Waals surface area contributed by atoms with Gasteiger partial charge in [-0.1, -0.05) is 6.42 Å². The van der Waals surface area contributed by atoms with Crippen molar-refractivity contribution in [3.05, 3.63) is 0 Å². The molecule has 2 aliphatic carbocycles. The van der Waals surface area contributed by atoms with Gasteiger partial charge in [-0.3, -0.25) is 4.79 Å². The number of methoxy groups -OCH3 is 1. The van der Waals surface area contributed by atoms with Crippen molar-refractivity contribution in [1.29, 1.82) is 0 Å². The highest BCUT2D eigenvalue weighted by molar-refractivity contribution is 5.82. The van der Waals surface area contributed by atoms with Crippen LogP contribution in [0.1, 0.15) is 32.1 Å². The first kappa shape index (κ1) is 10.9. The van der Waals surface area contributed by atoms with Crippen molar-refractivity contribution >= 4 is 5.91 Å². The van der Waals surface area contributed by atoms with Gasteiger partial charge in [0.25, 0.3) is 0 Å². The molecule has 0 unspecified atom stereocenters. The Hall–Kier alpha value is -0.610. The van der Waals surface area contributed by atoms with Crippen molar-refractivity contribution in [2.75, 3.05) is 13.7 Å². The molecule has 0 aromatic carbocycles. The third kappa shape index (κ3) is 2.32. The maximum absolute atomic E-state index is 11.7. The van der Waals surface area contributed by atoms with E-state index in [-0.39, 0.29) is 17.6 Å². The maximum atomic E-state index is 11.7. The second kappa shape index (κ2) is 4.10. The summed E-state index contributed by atoms with van der Waals surface area (Å²) >= 11 is 0. The quantitative estimate of drug-likeness (QED) is 0.693. The van der Waals surface area contributed by atoms with E-state index in [4.69, 9.17) is 10.5 Å². The van der Waals surface area contributed by atoms with Crippen LogP contribution in [0.2, 0.25) is 0 Å². The van der Waals surface area contributed by atoms with Crippen LogP contribution in [0, 0.1) is 5.92 Å². The van der Waals surface area contributed by atoms with Crippen molar-refractivity contribution in [3.8, 4) is 0 Å². The van der Waals surface area contributed by atoms with E-state index in [0.717, 1.165) is 25.7 Å². The number of carbonyl (C=O) groups is 1. The Morgan fingerprint density at radius 2 is 2.27 bits per heavy atom. The Morgan fingerprint density at radius 1 is 1.60 bits per heavy atom. The molecule has 2 aliphatic rings. The van der Waals surface area contributed by atoms with E-state index in [1.54, 1.807) is 7.11 Å². The molecule has 0 saturated heterocycles. The minimum absolute atomic E-state index is 0.0111. The lowest BCUT2D eigenvalue weighted by Crippen LogP contribution is -2.49. The molecule has 0 heterocycles. The zero-order chi connectivity index (χ0) is 10.9. The number of ether oxygens (including phenoxy) is 1. The Kier molecular flexibility index (Phi) is 2.98. The van der Waals surface area contributed by atoms with E-state index in [2.05, 4.69) is 5.32 Å². The van der Waals surface area contributed by atoms with Gasteiger partial charge in [0.1, 0.15) is 0 Å². The SMILES string of the molecule is COC1(CNC(=O)[C@H](N)C2CCC2)CC1. The lowest BCUT2D eigenvalue weighted by molar-refractivity contribution is -0.125. The summed E-state index contributed by atoms with van der Waals surface area (Å²) in [6.07, 6.45) is 5.51. The summed E-state index contributed by atoms with van der Waals surface area (Å²) in [5.41, 5.74) is 5.79. The number of carbonyl (C=O) groups excluding carboxylic acids is 1. The molecule has 0 aromatic heterocycles. The van der Waals surface area contributed by atoms with Crippen LogP contribution in [0.15, 0.2) is 0 Å². The molecular weight excluding hydrogens is 192 g/mol. The van der Waals surface area contributed by atoms with Crippen molar-refractivity contribution < 1.29 is 9.53 Å². The largest absolute Gasteiger partial charge is 0.376 e. The predicted octanol–water partition coefficient (Wildman–Crippen LogP) is 0.409. The van der Waals surface area contributed by atoms with Crippen LogP contribution in [0.4, 0.5) is 0 Å². The highest BCUT2D eigenvalue weighted by Crippen LogP contribution is 2.38. The molecule has 0 radical (unpaired) electrons. The van der Waals surface area contributed by atoms with Crippen LogP contribution in [-0.4, -0.2) is 31.2 Å². The molecule has 3 N–H and O–H groups in total. The summed E-state index contributed by atoms with van der Waals surface area (Å²) in [6.45, 7) is 0.614. The van der Waals surface area contributed by atoms with Crippen LogP contribution >= 0.6 is 0 Å². The van der Waals surface area contributed by atoms with Gasteiger partial charge in [0.05, 0.1) is 11.6 Å². The highest BCUT2D eigenvalue weighted by atomic mass is 16.5. The van der Waals surface area contributed by atoms with E-state index in [0.29, 0.717) is 12.5 Å². The lowest BCUT2D eigenvalue weighted by atomic mass is 9.80. The summed E-state index contributed by atoms with van der Waals surface area (Å²) in [5.74, 6) is 0.394. The second-order valence-corrected chi connectivity index (χ2v) is 4.82. The number of nitrogens with two attached hydrogens (primary N) is 1. The van der Waals surface area contributed by atoms with Crippen LogP contribution in [0.3, 0.4) is 0 Å². The van der Waals surface area contributed by atoms with Gasteiger partial charge in [-0.15, -0.1) is 0 Å². The van der Waals surface area contributed by atoms with Gasteiger partial charge in [0.15, 0.2) is 0 Å². The molecule has 1 amide bonds. The summed E-state index contributed by atoms with van der Waals surface area (Å²) in [4.78, 5) is 11.7. The van der Waals surface area contributed by atoms with E-state index in [1.165, 1.54) is 6.42 Å². The molecule has 0 aliphatic heterocycles. The van der Waals surface area contributed by atoms with E-state index in [9.17, 15) is 4.79 Å². The number of amides is 1. The second-order valence-electron chi connectivity index (χ2n) is 4.82. The van der Waals surface area contributed by atoms with E-state index < -0.39 is 0 Å². The fraction of sp³-hybridized carbons (Fsp3) is 0.909. The van der Waals surface area contributed by atoms with Crippen molar-refractivity contribution in [1.82, 2.24) is 5.32 Å². The van der Waals surface area contributed by atoms with E-state index >= 15 is 0 Å². The first-order chi connectivity index (χ1) is 7.17. The van der Waals surface area contributed by atoms with Crippen LogP contribution in [-0.2, 0) is 9.53 Å². The highest BCUT2D eigenvalue weighted by Gasteiger charge is 2.43. The molecule has 0 aromatic rings. The van der Waals surface area contributed by atoms with Gasteiger partial charge in [-0.2, -0.15) is 0 Å². The van der Waals surface area contributed by atoms with Gasteiger partial charge in [0, 0.05) is 13.7 Å². The summed E-state index contributed by atoms with van der Waals surface area (Å²) in [6, 6.07) is -0.314. The summed E-state index contributed by atoms with van der Waals surface area (Å²) in [5, 5.41) is 2.90. The van der Waals surface area contributed by atoms with Gasteiger partial charge in [-0.05, 0) is 31.6 Å². The third-order valence-corrected chi connectivity index (χ3v) is 3.79. The molecule has 1 atom stereocenters. The topological polar surface area (TPSA) is 64.3 Å². The molecule has 0 spiro atoms. The monoisotopic (exact) mass is 212 g/mol. The average Bonchev–Trinajstić information content (AvgIpc) is 2.92. The van der Waals surface area contributed by atoms with Gasteiger partial charge in [0.2, 0.25) is 5.91 Å². The van der Waals surface area contributed by atoms with Crippen LogP contribution < -0.4 is 11.1 Å². The maximum Gasteiger partial charge on any atom is 0.237 e. The van der Waals surface area contributed by atoms with Gasteiger partial charge < -0.3 is 15.8 Å². The van der Waals surface area contributed by atoms with Gasteiger partial charge >= 0.3 is 0 Å². The minimum Gasteiger partial charge on any atom is -0.376 e. The minimum atomic E-state index is -0.314. The van der Waals surface area contributed by atoms with Gasteiger partial charge in [-0.25, -0.2) is 0 Å². The Morgan fingerprint density at radius 3 is 2.67 bits per heavy atom. The molecule has 4 heteroatoms. The molecule has 2 saturated carbocycles. The lowest BCUT2D eigenvalue weighted by Gasteiger charge is -2.30. The molecule has 2 fully saturated rings. The number of nitrogens with one attached hydrogen (secondary N) is 1. The van der Waals surface area contributed by atoms with Crippen molar-refractivity contribution in [3.63, 3.8) is 0 Å². The zero-order valence-electron chi connectivity index (χ0n) is 9.29. The number of hydrogen-bond acceptors (Lipinski definition) is 3. The van der Waals surface area contributed by atoms with Crippen molar-refractivity contribution in [2.45, 2.75) is 43.7 Å². The van der Waals surface area contributed by atoms with Crippen LogP contribution in [0.25, 0.3) is 0 Å². The van der Waals surface area contributed by atoms with Crippen molar-refractivity contribution in [2.24, 2.45) is 11.7 Å². The van der Waals surface area contributed by atoms with Crippen LogP contribution in [0.5, 0.6) is 0 Å². The average molecular weight is 212 g/mol. The standard InChI is InChI=1S/C11H20N2O2/c1-15-11(5-6-11)7-13-10(14)9(12)8-3-2-4-8/h8-9H,2-7,12H2,1H3,(H,13,14)/t9-/m1/s1. The smallest absolute Gasteiger partial charge is 0.237 e. The molecule has 2 rings (SSSR count). The predicted molar refractivity (Wildman–Crippen MR) is 57.3 cm³/mol. The zero-order valence-corrected chi connectivity index (χ0v) is 9.29. The number of hydrogen-bond donors (Lipinski definition) is 2. The summed E-state index contributed by atoms with van der Waals surface area (Å²) in [7, 11) is 1.70. The summed E-state index contributed by atoms with van der Waals surface area (Å²) < 4.78 is 5.32. The fourth-order valence-electron chi connectivity index (χ4n) is 1.97. The Labute approximate surface area is 90.5 Å². The molecule has 0 bridgehead atoms. The molecule has 86 valence electrons. The Bertz CT molecular complexity index is 247. The number of rotatable bonds is 5. The fourth-order valence-corrected chi connectivity index (χ4v) is 1.97. The Balaban J connectivity index is 1.72. The molecular formula is C11H20N2O2. The first-order valence-electron chi connectivity index (χ1n) is 5.75. The first-order valence-corrected chi connectivity index (χ1v) is 5.75.